The van der Waals surface area contributed by atoms with Gasteiger partial charge in [-0.25, -0.2) is 8.42 Å². The molecule has 2 aromatic carbocycles. The monoisotopic (exact) mass is 441 g/mol. The van der Waals surface area contributed by atoms with E-state index in [1.165, 1.54) is 38.5 Å². The molecule has 0 radical (unpaired) electrons. The summed E-state index contributed by atoms with van der Waals surface area (Å²) in [5.74, 6) is 0.482. The minimum absolute atomic E-state index is 0.110. The Kier molecular flexibility index (Phi) is 8.31. The Bertz CT molecular complexity index is 944. The number of nitrogens with one attached hydrogen (secondary N) is 1. The lowest BCUT2D eigenvalue weighted by Crippen LogP contribution is -2.23. The van der Waals surface area contributed by atoms with Crippen molar-refractivity contribution in [2.45, 2.75) is 18.4 Å². The van der Waals surface area contributed by atoms with Crippen LogP contribution in [0.25, 0.3) is 0 Å². The van der Waals surface area contributed by atoms with Crippen LogP contribution in [0.15, 0.2) is 41.3 Å². The van der Waals surface area contributed by atoms with Crippen LogP contribution in [0.4, 0.5) is 0 Å². The largest absolute Gasteiger partial charge is 0.493 e. The number of ether oxygens (including phenoxy) is 3. The zero-order valence-electron chi connectivity index (χ0n) is 16.5. The van der Waals surface area contributed by atoms with Crippen molar-refractivity contribution in [3.8, 4) is 11.5 Å². The molecule has 1 amide bonds. The first-order chi connectivity index (χ1) is 13.8. The average Bonchev–Trinajstić information content (AvgIpc) is 2.72. The highest BCUT2D eigenvalue weighted by atomic mass is 35.5. The number of carbonyl (C=O) groups excluding carboxylic acids is 1. The van der Waals surface area contributed by atoms with E-state index in [1.807, 2.05) is 6.92 Å². The number of halogens is 1. The highest BCUT2D eigenvalue weighted by molar-refractivity contribution is 7.91. The summed E-state index contributed by atoms with van der Waals surface area (Å²) in [7, 11) is -0.485. The van der Waals surface area contributed by atoms with Crippen LogP contribution >= 0.6 is 11.6 Å². The summed E-state index contributed by atoms with van der Waals surface area (Å²) in [5, 5.41) is 3.16. The van der Waals surface area contributed by atoms with E-state index in [9.17, 15) is 13.2 Å². The van der Waals surface area contributed by atoms with Crippen LogP contribution in [-0.2, 0) is 21.1 Å². The lowest BCUT2D eigenvalue weighted by Gasteiger charge is -2.13. The first kappa shape index (κ1) is 23.0. The number of benzene rings is 2. The summed E-state index contributed by atoms with van der Waals surface area (Å²) in [4.78, 5) is 12.5. The van der Waals surface area contributed by atoms with Gasteiger partial charge in [-0.15, -0.1) is 0 Å². The fourth-order valence-electron chi connectivity index (χ4n) is 2.57. The lowest BCUT2D eigenvalue weighted by atomic mass is 10.1. The smallest absolute Gasteiger partial charge is 0.251 e. The van der Waals surface area contributed by atoms with Crippen LogP contribution < -0.4 is 14.8 Å². The third-order valence-electron chi connectivity index (χ3n) is 4.06. The van der Waals surface area contributed by atoms with Gasteiger partial charge in [-0.3, -0.25) is 4.79 Å². The molecule has 7 nitrogen and oxygen atoms in total. The second-order valence-corrected chi connectivity index (χ2v) is 8.58. The van der Waals surface area contributed by atoms with E-state index in [4.69, 9.17) is 25.8 Å². The normalized spacial score (nSPS) is 11.2. The summed E-state index contributed by atoms with van der Waals surface area (Å²) in [5.41, 5.74) is 1.09. The summed E-state index contributed by atoms with van der Waals surface area (Å²) in [6.07, 6.45) is 0. The fraction of sp³-hybridized carbons (Fsp3) is 0.350. The van der Waals surface area contributed by atoms with Crippen molar-refractivity contribution < 1.29 is 27.4 Å². The zero-order chi connectivity index (χ0) is 21.4. The summed E-state index contributed by atoms with van der Waals surface area (Å²) in [6, 6.07) is 9.21. The van der Waals surface area contributed by atoms with E-state index >= 15 is 0 Å². The second-order valence-electron chi connectivity index (χ2n) is 6.06. The Morgan fingerprint density at radius 2 is 1.83 bits per heavy atom. The van der Waals surface area contributed by atoms with E-state index in [2.05, 4.69) is 5.32 Å². The molecule has 2 aromatic rings. The van der Waals surface area contributed by atoms with E-state index in [0.717, 1.165) is 5.56 Å². The molecule has 0 aromatic heterocycles. The topological polar surface area (TPSA) is 90.9 Å². The third-order valence-corrected chi connectivity index (χ3v) is 6.04. The molecule has 0 aliphatic carbocycles. The molecule has 158 valence electrons. The molecule has 0 bridgehead atoms. The van der Waals surface area contributed by atoms with Crippen molar-refractivity contribution in [2.24, 2.45) is 0 Å². The molecule has 0 heterocycles. The van der Waals surface area contributed by atoms with Gasteiger partial charge in [0.05, 0.1) is 36.0 Å². The number of rotatable bonds is 10. The molecule has 2 rings (SSSR count). The van der Waals surface area contributed by atoms with Crippen LogP contribution in [0.2, 0.25) is 5.02 Å². The van der Waals surface area contributed by atoms with Crippen molar-refractivity contribution in [3.05, 3.63) is 52.5 Å². The van der Waals surface area contributed by atoms with Crippen LogP contribution in [0.1, 0.15) is 22.8 Å². The Hall–Kier alpha value is -2.29. The number of methoxy groups -OCH3 is 2. The highest BCUT2D eigenvalue weighted by Crippen LogP contribution is 2.36. The number of hydrogen-bond donors (Lipinski definition) is 1. The minimum Gasteiger partial charge on any atom is -0.493 e. The summed E-state index contributed by atoms with van der Waals surface area (Å²) < 4.78 is 39.8. The van der Waals surface area contributed by atoms with E-state index in [0.29, 0.717) is 28.7 Å². The number of amides is 1. The molecule has 0 fully saturated rings. The van der Waals surface area contributed by atoms with E-state index < -0.39 is 9.84 Å². The maximum atomic E-state index is 12.4. The number of carbonyl (C=O) groups is 1. The molecular weight excluding hydrogens is 418 g/mol. The first-order valence-corrected chi connectivity index (χ1v) is 10.9. The molecule has 9 heteroatoms. The predicted molar refractivity (Wildman–Crippen MR) is 111 cm³/mol. The van der Waals surface area contributed by atoms with Crippen molar-refractivity contribution >= 4 is 27.3 Å². The minimum atomic E-state index is -3.44. The van der Waals surface area contributed by atoms with E-state index in [-0.39, 0.29) is 29.7 Å². The van der Waals surface area contributed by atoms with Gasteiger partial charge in [-0.2, -0.15) is 0 Å². The molecule has 0 aliphatic heterocycles. The van der Waals surface area contributed by atoms with Crippen LogP contribution in [0.5, 0.6) is 11.5 Å². The van der Waals surface area contributed by atoms with Crippen LogP contribution in [-0.4, -0.2) is 47.5 Å². The number of hydrogen-bond acceptors (Lipinski definition) is 6. The van der Waals surface area contributed by atoms with Crippen molar-refractivity contribution in [1.29, 1.82) is 0 Å². The fourth-order valence-corrected chi connectivity index (χ4v) is 4.03. The zero-order valence-corrected chi connectivity index (χ0v) is 18.1. The second kappa shape index (κ2) is 10.5. The van der Waals surface area contributed by atoms with Crippen molar-refractivity contribution in [1.82, 2.24) is 5.32 Å². The van der Waals surface area contributed by atoms with E-state index in [1.54, 1.807) is 12.1 Å². The standard InChI is InChI=1S/C20H24ClNO6S/c1-4-28-19-17(21)11-14(12-18(19)27-3)13-22-20(23)15-5-7-16(8-6-15)29(24,25)10-9-26-2/h5-8,11-12H,4,9-10,13H2,1-3H3,(H,22,23). The third kappa shape index (κ3) is 6.09. The molecule has 0 saturated heterocycles. The van der Waals surface area contributed by atoms with Crippen LogP contribution in [0.3, 0.4) is 0 Å². The molecule has 29 heavy (non-hydrogen) atoms. The molecule has 0 atom stereocenters. The predicted octanol–water partition coefficient (Wildman–Crippen LogP) is 3.10. The van der Waals surface area contributed by atoms with Gasteiger partial charge in [0.25, 0.3) is 5.91 Å². The molecular formula is C20H24ClNO6S. The molecule has 1 N–H and O–H groups in total. The molecule has 0 unspecified atom stereocenters. The average molecular weight is 442 g/mol. The molecule has 0 spiro atoms. The van der Waals surface area contributed by atoms with Gasteiger partial charge >= 0.3 is 0 Å². The van der Waals surface area contributed by atoms with Crippen LogP contribution in [0, 0.1) is 0 Å². The SMILES string of the molecule is CCOc1c(Cl)cc(CNC(=O)c2ccc(S(=O)(=O)CCOC)cc2)cc1OC. The summed E-state index contributed by atoms with van der Waals surface area (Å²) in [6.45, 7) is 2.62. The first-order valence-electron chi connectivity index (χ1n) is 8.91. The summed E-state index contributed by atoms with van der Waals surface area (Å²) >= 11 is 6.24. The number of sulfone groups is 1. The maximum absolute atomic E-state index is 12.4. The van der Waals surface area contributed by atoms with Gasteiger partial charge in [0.15, 0.2) is 21.3 Å². The Balaban J connectivity index is 2.07. The quantitative estimate of drug-likeness (QED) is 0.609. The highest BCUT2D eigenvalue weighted by Gasteiger charge is 2.16. The molecule has 0 saturated carbocycles. The van der Waals surface area contributed by atoms with Gasteiger partial charge < -0.3 is 19.5 Å². The Labute approximate surface area is 175 Å². The van der Waals surface area contributed by atoms with Crippen molar-refractivity contribution in [3.63, 3.8) is 0 Å². The lowest BCUT2D eigenvalue weighted by molar-refractivity contribution is 0.0950. The molecule has 0 aliphatic rings. The van der Waals surface area contributed by atoms with Gasteiger partial charge in [0.1, 0.15) is 0 Å². The maximum Gasteiger partial charge on any atom is 0.251 e. The van der Waals surface area contributed by atoms with Gasteiger partial charge in [-0.05, 0) is 48.9 Å². The van der Waals surface area contributed by atoms with Gasteiger partial charge in [-0.1, -0.05) is 11.6 Å². The Morgan fingerprint density at radius 1 is 1.14 bits per heavy atom. The van der Waals surface area contributed by atoms with Crippen molar-refractivity contribution in [2.75, 3.05) is 33.2 Å². The Morgan fingerprint density at radius 3 is 2.41 bits per heavy atom. The van der Waals surface area contributed by atoms with Gasteiger partial charge in [0, 0.05) is 19.2 Å². The van der Waals surface area contributed by atoms with Gasteiger partial charge in [0.2, 0.25) is 0 Å².